The van der Waals surface area contributed by atoms with Crippen LogP contribution in [-0.2, 0) is 11.3 Å². The highest BCUT2D eigenvalue weighted by molar-refractivity contribution is 6.33. The molecule has 0 aliphatic rings. The number of nitro benzene ring substituents is 1. The minimum absolute atomic E-state index is 0.122. The first-order chi connectivity index (χ1) is 13.0. The largest absolute Gasteiger partial charge is 0.385 e. The van der Waals surface area contributed by atoms with Gasteiger partial charge in [-0.1, -0.05) is 41.9 Å². The number of ether oxygens (including phenoxy) is 1. The second-order valence-corrected chi connectivity index (χ2v) is 6.37. The highest BCUT2D eigenvalue weighted by Gasteiger charge is 2.17. The van der Waals surface area contributed by atoms with Crippen LogP contribution in [0.3, 0.4) is 0 Å². The van der Waals surface area contributed by atoms with Crippen molar-refractivity contribution < 1.29 is 14.5 Å². The fraction of sp³-hybridized carbons (Fsp3) is 0.316. The van der Waals surface area contributed by atoms with Crippen LogP contribution in [0.4, 0.5) is 16.2 Å². The Morgan fingerprint density at radius 2 is 1.96 bits per heavy atom. The second-order valence-electron chi connectivity index (χ2n) is 5.96. The van der Waals surface area contributed by atoms with E-state index in [4.69, 9.17) is 16.3 Å². The normalized spacial score (nSPS) is 10.4. The number of urea groups is 1. The molecule has 27 heavy (non-hydrogen) atoms. The number of unbranched alkanes of at least 4 members (excludes halogenated alkanes) is 1. The molecule has 2 rings (SSSR count). The van der Waals surface area contributed by atoms with Crippen LogP contribution >= 0.6 is 11.6 Å². The fourth-order valence-electron chi connectivity index (χ4n) is 2.52. The van der Waals surface area contributed by atoms with E-state index in [-0.39, 0.29) is 16.7 Å². The van der Waals surface area contributed by atoms with E-state index in [0.29, 0.717) is 25.4 Å². The lowest BCUT2D eigenvalue weighted by atomic mass is 10.2. The molecule has 2 aromatic rings. The first-order valence-electron chi connectivity index (χ1n) is 8.54. The highest BCUT2D eigenvalue weighted by Crippen LogP contribution is 2.27. The van der Waals surface area contributed by atoms with Gasteiger partial charge < -0.3 is 15.0 Å². The fourth-order valence-corrected chi connectivity index (χ4v) is 2.74. The zero-order valence-corrected chi connectivity index (χ0v) is 15.8. The molecule has 0 saturated heterocycles. The summed E-state index contributed by atoms with van der Waals surface area (Å²) in [6, 6.07) is 13.3. The first kappa shape index (κ1) is 20.7. The summed E-state index contributed by atoms with van der Waals surface area (Å²) in [6.45, 7) is 1.63. The van der Waals surface area contributed by atoms with E-state index in [9.17, 15) is 14.9 Å². The Morgan fingerprint density at radius 3 is 2.59 bits per heavy atom. The molecule has 0 atom stereocenters. The molecule has 0 aromatic heterocycles. The SMILES string of the molecule is COCCCCN(Cc1ccccc1)C(=O)Nc1ccc([N+](=O)[O-])cc1Cl. The molecule has 0 aliphatic heterocycles. The monoisotopic (exact) mass is 391 g/mol. The Morgan fingerprint density at radius 1 is 1.22 bits per heavy atom. The zero-order chi connectivity index (χ0) is 19.6. The molecule has 0 saturated carbocycles. The van der Waals surface area contributed by atoms with Crippen molar-refractivity contribution in [3.63, 3.8) is 0 Å². The van der Waals surface area contributed by atoms with Gasteiger partial charge >= 0.3 is 6.03 Å². The summed E-state index contributed by atoms with van der Waals surface area (Å²) in [5.74, 6) is 0. The van der Waals surface area contributed by atoms with E-state index < -0.39 is 4.92 Å². The number of halogens is 1. The van der Waals surface area contributed by atoms with Crippen LogP contribution in [0.25, 0.3) is 0 Å². The van der Waals surface area contributed by atoms with Crippen LogP contribution < -0.4 is 5.32 Å². The number of nitrogens with one attached hydrogen (secondary N) is 1. The van der Waals surface area contributed by atoms with Gasteiger partial charge in [-0.3, -0.25) is 10.1 Å². The van der Waals surface area contributed by atoms with Gasteiger partial charge in [0.2, 0.25) is 0 Å². The predicted octanol–water partition coefficient (Wildman–Crippen LogP) is 4.71. The number of nitro groups is 1. The number of non-ortho nitro benzene ring substituents is 1. The molecular weight excluding hydrogens is 370 g/mol. The van der Waals surface area contributed by atoms with E-state index in [2.05, 4.69) is 5.32 Å². The van der Waals surface area contributed by atoms with Crippen molar-refractivity contribution in [3.8, 4) is 0 Å². The number of carbonyl (C=O) groups excluding carboxylic acids is 1. The molecule has 0 bridgehead atoms. The van der Waals surface area contributed by atoms with E-state index in [1.54, 1.807) is 12.0 Å². The number of anilines is 1. The van der Waals surface area contributed by atoms with E-state index in [1.165, 1.54) is 18.2 Å². The lowest BCUT2D eigenvalue weighted by Crippen LogP contribution is -2.35. The summed E-state index contributed by atoms with van der Waals surface area (Å²) < 4.78 is 5.05. The van der Waals surface area contributed by atoms with E-state index in [0.717, 1.165) is 18.4 Å². The van der Waals surface area contributed by atoms with Crippen molar-refractivity contribution in [2.24, 2.45) is 0 Å². The number of rotatable bonds is 9. The summed E-state index contributed by atoms with van der Waals surface area (Å²) in [5.41, 5.74) is 1.22. The molecule has 2 aromatic carbocycles. The average Bonchev–Trinajstić information content (AvgIpc) is 2.66. The van der Waals surface area contributed by atoms with Gasteiger partial charge in [-0.25, -0.2) is 4.79 Å². The third kappa shape index (κ3) is 6.54. The van der Waals surface area contributed by atoms with Crippen molar-refractivity contribution in [2.75, 3.05) is 25.6 Å². The van der Waals surface area contributed by atoms with Gasteiger partial charge in [0.1, 0.15) is 0 Å². The third-order valence-corrected chi connectivity index (χ3v) is 4.25. The maximum absolute atomic E-state index is 12.7. The summed E-state index contributed by atoms with van der Waals surface area (Å²) >= 11 is 6.07. The maximum Gasteiger partial charge on any atom is 0.322 e. The molecular formula is C19H22ClN3O4. The number of hydrogen-bond acceptors (Lipinski definition) is 4. The molecule has 0 unspecified atom stereocenters. The molecule has 0 heterocycles. The molecule has 0 spiro atoms. The number of carbonyl (C=O) groups is 1. The van der Waals surface area contributed by atoms with E-state index >= 15 is 0 Å². The molecule has 0 radical (unpaired) electrons. The second kappa shape index (κ2) is 10.5. The van der Waals surface area contributed by atoms with Gasteiger partial charge in [0.25, 0.3) is 5.69 Å². The smallest absolute Gasteiger partial charge is 0.322 e. The van der Waals surface area contributed by atoms with Gasteiger partial charge in [-0.15, -0.1) is 0 Å². The number of amides is 2. The average molecular weight is 392 g/mol. The predicted molar refractivity (Wildman–Crippen MR) is 105 cm³/mol. The molecule has 8 heteroatoms. The van der Waals surface area contributed by atoms with Crippen LogP contribution in [0.15, 0.2) is 48.5 Å². The van der Waals surface area contributed by atoms with Gasteiger partial charge in [0.05, 0.1) is 15.6 Å². The van der Waals surface area contributed by atoms with Crippen molar-refractivity contribution in [1.29, 1.82) is 0 Å². The lowest BCUT2D eigenvalue weighted by Gasteiger charge is -2.23. The first-order valence-corrected chi connectivity index (χ1v) is 8.92. The minimum Gasteiger partial charge on any atom is -0.385 e. The van der Waals surface area contributed by atoms with Gasteiger partial charge in [-0.2, -0.15) is 0 Å². The Hall–Kier alpha value is -2.64. The highest BCUT2D eigenvalue weighted by atomic mass is 35.5. The van der Waals surface area contributed by atoms with Crippen LogP contribution in [0.2, 0.25) is 5.02 Å². The summed E-state index contributed by atoms with van der Waals surface area (Å²) in [6.07, 6.45) is 1.63. The third-order valence-electron chi connectivity index (χ3n) is 3.94. The van der Waals surface area contributed by atoms with Crippen molar-refractivity contribution >= 4 is 29.0 Å². The molecule has 2 amide bonds. The molecule has 144 valence electrons. The Balaban J connectivity index is 2.08. The zero-order valence-electron chi connectivity index (χ0n) is 15.1. The summed E-state index contributed by atoms with van der Waals surface area (Å²) in [5, 5.41) is 13.7. The Kier molecular flexibility index (Phi) is 8.03. The van der Waals surface area contributed by atoms with Crippen LogP contribution in [-0.4, -0.2) is 36.1 Å². The van der Waals surface area contributed by atoms with Crippen molar-refractivity contribution in [3.05, 3.63) is 69.2 Å². The molecule has 0 fully saturated rings. The molecule has 7 nitrogen and oxygen atoms in total. The standard InChI is InChI=1S/C19H22ClN3O4/c1-27-12-6-5-11-22(14-15-7-3-2-4-8-15)19(24)21-18-10-9-16(23(25)26)13-17(18)20/h2-4,7-10,13H,5-6,11-12,14H2,1H3,(H,21,24). The summed E-state index contributed by atoms with van der Waals surface area (Å²) in [7, 11) is 1.64. The molecule has 1 N–H and O–H groups in total. The van der Waals surface area contributed by atoms with Gasteiger partial charge in [0, 0.05) is 38.9 Å². The Labute approximate surface area is 163 Å². The topological polar surface area (TPSA) is 84.7 Å². The van der Waals surface area contributed by atoms with Gasteiger partial charge in [0.15, 0.2) is 0 Å². The molecule has 0 aliphatic carbocycles. The Bertz CT molecular complexity index is 771. The van der Waals surface area contributed by atoms with Crippen LogP contribution in [0, 0.1) is 10.1 Å². The van der Waals surface area contributed by atoms with Crippen LogP contribution in [0.5, 0.6) is 0 Å². The van der Waals surface area contributed by atoms with Gasteiger partial charge in [-0.05, 0) is 24.5 Å². The lowest BCUT2D eigenvalue weighted by molar-refractivity contribution is -0.384. The number of nitrogens with zero attached hydrogens (tertiary/aromatic N) is 2. The van der Waals surface area contributed by atoms with Crippen LogP contribution in [0.1, 0.15) is 18.4 Å². The van der Waals surface area contributed by atoms with E-state index in [1.807, 2.05) is 30.3 Å². The maximum atomic E-state index is 12.7. The van der Waals surface area contributed by atoms with Crippen molar-refractivity contribution in [1.82, 2.24) is 4.90 Å². The summed E-state index contributed by atoms with van der Waals surface area (Å²) in [4.78, 5) is 24.7. The quantitative estimate of drug-likeness (QED) is 0.381. The minimum atomic E-state index is -0.533. The van der Waals surface area contributed by atoms with Crippen molar-refractivity contribution in [2.45, 2.75) is 19.4 Å². The number of benzene rings is 2. The number of methoxy groups -OCH3 is 1. The number of hydrogen-bond donors (Lipinski definition) is 1.